The Hall–Kier alpha value is -1.74. The summed E-state index contributed by atoms with van der Waals surface area (Å²) in [6.45, 7) is 0.957. The smallest absolute Gasteiger partial charge is 0.157 e. The van der Waals surface area contributed by atoms with Gasteiger partial charge in [0.05, 0.1) is 6.26 Å². The maximum Gasteiger partial charge on any atom is 0.157 e. The normalized spacial score (nSPS) is 12.6. The van der Waals surface area contributed by atoms with E-state index in [9.17, 15) is 0 Å². The highest BCUT2D eigenvalue weighted by Gasteiger charge is 2.16. The van der Waals surface area contributed by atoms with Gasteiger partial charge in [0.25, 0.3) is 0 Å². The molecule has 0 radical (unpaired) electrons. The summed E-state index contributed by atoms with van der Waals surface area (Å²) in [6.07, 6.45) is 2.55. The van der Waals surface area contributed by atoms with Crippen molar-refractivity contribution < 1.29 is 9.15 Å². The van der Waals surface area contributed by atoms with Crippen LogP contribution in [0.4, 0.5) is 0 Å². The van der Waals surface area contributed by atoms with Crippen LogP contribution in [0.2, 0.25) is 0 Å². The Morgan fingerprint density at radius 3 is 2.50 bits per heavy atom. The molecule has 18 heavy (non-hydrogen) atoms. The van der Waals surface area contributed by atoms with E-state index in [0.717, 1.165) is 24.5 Å². The fourth-order valence-electron chi connectivity index (χ4n) is 1.77. The zero-order valence-electron chi connectivity index (χ0n) is 10.9. The van der Waals surface area contributed by atoms with Crippen LogP contribution in [0.1, 0.15) is 18.3 Å². The molecule has 0 amide bonds. The molecule has 3 heteroatoms. The van der Waals surface area contributed by atoms with Crippen LogP contribution in [0.3, 0.4) is 0 Å². The fraction of sp³-hybridized carbons (Fsp3) is 0.333. The average Bonchev–Trinajstić information content (AvgIpc) is 2.89. The molecular weight excluding hydrogens is 226 g/mol. The standard InChI is InChI=1S/C15H19NO2/c1-16(2)11-10-15(14-9-6-12-17-14)18-13-7-4-3-5-8-13/h3-9,12,15H,10-11H2,1-2H3. The molecule has 0 saturated carbocycles. The van der Waals surface area contributed by atoms with Gasteiger partial charge in [-0.05, 0) is 38.4 Å². The van der Waals surface area contributed by atoms with E-state index in [1.807, 2.05) is 42.5 Å². The van der Waals surface area contributed by atoms with Crippen molar-refractivity contribution in [1.82, 2.24) is 4.90 Å². The lowest BCUT2D eigenvalue weighted by molar-refractivity contribution is 0.154. The minimum absolute atomic E-state index is 0.0372. The molecule has 0 aliphatic heterocycles. The topological polar surface area (TPSA) is 25.6 Å². The molecular formula is C15H19NO2. The first-order valence-corrected chi connectivity index (χ1v) is 6.15. The van der Waals surface area contributed by atoms with Gasteiger partial charge in [0.15, 0.2) is 6.10 Å². The Bertz CT molecular complexity index is 437. The van der Waals surface area contributed by atoms with Gasteiger partial charge >= 0.3 is 0 Å². The summed E-state index contributed by atoms with van der Waals surface area (Å²) in [5, 5.41) is 0. The second-order valence-electron chi connectivity index (χ2n) is 4.53. The zero-order chi connectivity index (χ0) is 12.8. The lowest BCUT2D eigenvalue weighted by Gasteiger charge is -2.19. The average molecular weight is 245 g/mol. The molecule has 0 aliphatic carbocycles. The molecule has 1 aromatic heterocycles. The van der Waals surface area contributed by atoms with Crippen molar-refractivity contribution in [3.63, 3.8) is 0 Å². The van der Waals surface area contributed by atoms with Crippen LogP contribution in [-0.2, 0) is 0 Å². The molecule has 0 spiro atoms. The van der Waals surface area contributed by atoms with E-state index in [1.165, 1.54) is 0 Å². The highest BCUT2D eigenvalue weighted by Crippen LogP contribution is 2.25. The molecule has 1 heterocycles. The van der Waals surface area contributed by atoms with Gasteiger partial charge in [-0.15, -0.1) is 0 Å². The maximum atomic E-state index is 5.99. The summed E-state index contributed by atoms with van der Waals surface area (Å²) in [6, 6.07) is 13.7. The van der Waals surface area contributed by atoms with E-state index < -0.39 is 0 Å². The monoisotopic (exact) mass is 245 g/mol. The zero-order valence-corrected chi connectivity index (χ0v) is 10.9. The van der Waals surface area contributed by atoms with Gasteiger partial charge in [0.2, 0.25) is 0 Å². The molecule has 0 saturated heterocycles. The minimum atomic E-state index is -0.0372. The third kappa shape index (κ3) is 3.64. The van der Waals surface area contributed by atoms with Crippen molar-refractivity contribution in [2.45, 2.75) is 12.5 Å². The largest absolute Gasteiger partial charge is 0.482 e. The summed E-state index contributed by atoms with van der Waals surface area (Å²) in [4.78, 5) is 2.14. The van der Waals surface area contributed by atoms with Crippen LogP contribution in [0, 0.1) is 0 Å². The molecule has 0 fully saturated rings. The van der Waals surface area contributed by atoms with Gasteiger partial charge in [-0.25, -0.2) is 0 Å². The number of para-hydroxylation sites is 1. The van der Waals surface area contributed by atoms with Crippen LogP contribution in [0.25, 0.3) is 0 Å². The van der Waals surface area contributed by atoms with E-state index in [0.29, 0.717) is 0 Å². The SMILES string of the molecule is CN(C)CCC(Oc1ccccc1)c1ccco1. The molecule has 2 rings (SSSR count). The molecule has 0 bridgehead atoms. The summed E-state index contributed by atoms with van der Waals surface area (Å²) >= 11 is 0. The highest BCUT2D eigenvalue weighted by atomic mass is 16.5. The Kier molecular flexibility index (Phi) is 4.42. The molecule has 96 valence electrons. The fourth-order valence-corrected chi connectivity index (χ4v) is 1.77. The quantitative estimate of drug-likeness (QED) is 0.780. The van der Waals surface area contributed by atoms with Crippen molar-refractivity contribution in [1.29, 1.82) is 0 Å². The Morgan fingerprint density at radius 1 is 1.11 bits per heavy atom. The number of benzene rings is 1. The Morgan fingerprint density at radius 2 is 1.89 bits per heavy atom. The van der Waals surface area contributed by atoms with Gasteiger partial charge < -0.3 is 14.1 Å². The van der Waals surface area contributed by atoms with E-state index >= 15 is 0 Å². The highest BCUT2D eigenvalue weighted by molar-refractivity contribution is 5.22. The Labute approximate surface area is 108 Å². The van der Waals surface area contributed by atoms with Crippen LogP contribution >= 0.6 is 0 Å². The molecule has 0 aliphatic rings. The van der Waals surface area contributed by atoms with Crippen LogP contribution in [0.15, 0.2) is 53.1 Å². The van der Waals surface area contributed by atoms with Crippen molar-refractivity contribution >= 4 is 0 Å². The van der Waals surface area contributed by atoms with Crippen LogP contribution in [-0.4, -0.2) is 25.5 Å². The first kappa shape index (κ1) is 12.7. The van der Waals surface area contributed by atoms with Crippen molar-refractivity contribution in [2.75, 3.05) is 20.6 Å². The van der Waals surface area contributed by atoms with E-state index in [-0.39, 0.29) is 6.10 Å². The van der Waals surface area contributed by atoms with Gasteiger partial charge in [0, 0.05) is 13.0 Å². The van der Waals surface area contributed by atoms with Gasteiger partial charge in [0.1, 0.15) is 11.5 Å². The lowest BCUT2D eigenvalue weighted by Crippen LogP contribution is -2.18. The summed E-state index contributed by atoms with van der Waals surface area (Å²) in [7, 11) is 4.11. The predicted molar refractivity (Wildman–Crippen MR) is 71.7 cm³/mol. The number of hydrogen-bond donors (Lipinski definition) is 0. The third-order valence-electron chi connectivity index (χ3n) is 2.72. The van der Waals surface area contributed by atoms with Crippen LogP contribution < -0.4 is 4.74 Å². The number of furan rings is 1. The van der Waals surface area contributed by atoms with Crippen molar-refractivity contribution in [3.05, 3.63) is 54.5 Å². The summed E-state index contributed by atoms with van der Waals surface area (Å²) in [5.41, 5.74) is 0. The molecule has 1 unspecified atom stereocenters. The molecule has 0 N–H and O–H groups in total. The van der Waals surface area contributed by atoms with E-state index in [4.69, 9.17) is 9.15 Å². The van der Waals surface area contributed by atoms with Gasteiger partial charge in [-0.2, -0.15) is 0 Å². The number of ether oxygens (including phenoxy) is 1. The number of nitrogens with zero attached hydrogens (tertiary/aromatic N) is 1. The van der Waals surface area contributed by atoms with E-state index in [2.05, 4.69) is 19.0 Å². The second kappa shape index (κ2) is 6.26. The molecule has 3 nitrogen and oxygen atoms in total. The summed E-state index contributed by atoms with van der Waals surface area (Å²) < 4.78 is 11.4. The van der Waals surface area contributed by atoms with Crippen molar-refractivity contribution in [2.24, 2.45) is 0 Å². The third-order valence-corrected chi connectivity index (χ3v) is 2.72. The van der Waals surface area contributed by atoms with Crippen molar-refractivity contribution in [3.8, 4) is 5.75 Å². The molecule has 2 aromatic rings. The molecule has 1 atom stereocenters. The Balaban J connectivity index is 2.05. The first-order valence-electron chi connectivity index (χ1n) is 6.15. The van der Waals surface area contributed by atoms with Crippen LogP contribution in [0.5, 0.6) is 5.75 Å². The lowest BCUT2D eigenvalue weighted by atomic mass is 10.2. The first-order chi connectivity index (χ1) is 8.75. The minimum Gasteiger partial charge on any atom is -0.482 e. The van der Waals surface area contributed by atoms with Gasteiger partial charge in [-0.3, -0.25) is 0 Å². The van der Waals surface area contributed by atoms with Gasteiger partial charge in [-0.1, -0.05) is 18.2 Å². The summed E-state index contributed by atoms with van der Waals surface area (Å²) in [5.74, 6) is 1.75. The second-order valence-corrected chi connectivity index (χ2v) is 4.53. The predicted octanol–water partition coefficient (Wildman–Crippen LogP) is 3.35. The molecule has 1 aromatic carbocycles. The number of rotatable bonds is 6. The number of hydrogen-bond acceptors (Lipinski definition) is 3. The maximum absolute atomic E-state index is 5.99. The van der Waals surface area contributed by atoms with E-state index in [1.54, 1.807) is 6.26 Å².